The van der Waals surface area contributed by atoms with Gasteiger partial charge in [0.2, 0.25) is 5.91 Å². The number of carbonyl (C=O) groups is 1. The maximum absolute atomic E-state index is 13.0. The third-order valence-corrected chi connectivity index (χ3v) is 3.47. The van der Waals surface area contributed by atoms with Crippen molar-refractivity contribution < 1.29 is 9.18 Å². The number of aliphatic imine (C=N–C) groups is 1. The van der Waals surface area contributed by atoms with E-state index < -0.39 is 5.82 Å². The molecule has 1 atom stereocenters. The van der Waals surface area contributed by atoms with Crippen molar-refractivity contribution in [2.75, 3.05) is 25.0 Å². The van der Waals surface area contributed by atoms with Gasteiger partial charge in [0.1, 0.15) is 12.4 Å². The molecule has 0 saturated carbocycles. The van der Waals surface area contributed by atoms with E-state index in [0.717, 1.165) is 19.5 Å². The highest BCUT2D eigenvalue weighted by atomic mass is 127. The van der Waals surface area contributed by atoms with Crippen molar-refractivity contribution in [1.29, 1.82) is 0 Å². The fraction of sp³-hybridized carbons (Fsp3) is 0.467. The molecular formula is C15H22FIN4O. The van der Waals surface area contributed by atoms with Crippen LogP contribution in [0.25, 0.3) is 0 Å². The number of amides is 1. The van der Waals surface area contributed by atoms with Crippen molar-refractivity contribution in [2.45, 2.75) is 19.8 Å². The Balaban J connectivity index is 0.00000242. The molecule has 3 N–H and O–H groups in total. The highest BCUT2D eigenvalue weighted by molar-refractivity contribution is 14.0. The van der Waals surface area contributed by atoms with Gasteiger partial charge in [-0.2, -0.15) is 0 Å². The lowest BCUT2D eigenvalue weighted by atomic mass is 10.0. The first-order valence-corrected chi connectivity index (χ1v) is 7.15. The van der Waals surface area contributed by atoms with Gasteiger partial charge in [0.05, 0.1) is 0 Å². The van der Waals surface area contributed by atoms with Crippen LogP contribution >= 0.6 is 24.0 Å². The Morgan fingerprint density at radius 2 is 2.32 bits per heavy atom. The van der Waals surface area contributed by atoms with E-state index in [1.54, 1.807) is 6.07 Å². The molecule has 1 unspecified atom stereocenters. The summed E-state index contributed by atoms with van der Waals surface area (Å²) in [5, 5.41) is 2.59. The quantitative estimate of drug-likeness (QED) is 0.449. The highest BCUT2D eigenvalue weighted by Crippen LogP contribution is 2.14. The van der Waals surface area contributed by atoms with E-state index >= 15 is 0 Å². The maximum atomic E-state index is 13.0. The number of benzene rings is 1. The zero-order chi connectivity index (χ0) is 15.2. The van der Waals surface area contributed by atoms with Crippen LogP contribution in [-0.4, -0.2) is 36.4 Å². The van der Waals surface area contributed by atoms with E-state index in [1.165, 1.54) is 24.6 Å². The van der Waals surface area contributed by atoms with Gasteiger partial charge in [-0.25, -0.2) is 9.38 Å². The molecule has 2 rings (SSSR count). The number of anilines is 1. The van der Waals surface area contributed by atoms with Crippen molar-refractivity contribution in [1.82, 2.24) is 4.90 Å². The molecule has 1 fully saturated rings. The average molecular weight is 420 g/mol. The molecule has 1 aliphatic heterocycles. The maximum Gasteiger partial charge on any atom is 0.246 e. The molecule has 0 aromatic heterocycles. The molecule has 122 valence electrons. The van der Waals surface area contributed by atoms with Crippen LogP contribution in [0.5, 0.6) is 0 Å². The zero-order valence-electron chi connectivity index (χ0n) is 12.6. The van der Waals surface area contributed by atoms with Crippen molar-refractivity contribution >= 4 is 41.5 Å². The van der Waals surface area contributed by atoms with Crippen LogP contribution in [0.3, 0.4) is 0 Å². The summed E-state index contributed by atoms with van der Waals surface area (Å²) in [4.78, 5) is 17.9. The molecule has 1 aromatic carbocycles. The normalized spacial score (nSPS) is 18.5. The minimum atomic E-state index is -0.391. The molecule has 0 radical (unpaired) electrons. The summed E-state index contributed by atoms with van der Waals surface area (Å²) in [5.74, 6) is 0.288. The van der Waals surface area contributed by atoms with Crippen molar-refractivity contribution in [3.63, 3.8) is 0 Å². The number of likely N-dealkylation sites (tertiary alicyclic amines) is 1. The first-order chi connectivity index (χ1) is 10.0. The lowest BCUT2D eigenvalue weighted by molar-refractivity contribution is -0.114. The molecular weight excluding hydrogens is 398 g/mol. The van der Waals surface area contributed by atoms with Crippen LogP contribution in [0, 0.1) is 11.7 Å². The van der Waals surface area contributed by atoms with Gasteiger partial charge < -0.3 is 16.0 Å². The first-order valence-electron chi connectivity index (χ1n) is 7.15. The van der Waals surface area contributed by atoms with Gasteiger partial charge >= 0.3 is 0 Å². The van der Waals surface area contributed by atoms with Gasteiger partial charge in [0.15, 0.2) is 5.96 Å². The van der Waals surface area contributed by atoms with E-state index in [2.05, 4.69) is 17.2 Å². The van der Waals surface area contributed by atoms with Gasteiger partial charge in [0, 0.05) is 18.8 Å². The number of nitrogens with zero attached hydrogens (tertiary/aromatic N) is 2. The number of guanidine groups is 1. The Kier molecular flexibility index (Phi) is 7.57. The summed E-state index contributed by atoms with van der Waals surface area (Å²) in [6.45, 7) is 3.87. The number of halogens is 2. The molecule has 1 heterocycles. The second-order valence-corrected chi connectivity index (χ2v) is 5.43. The van der Waals surface area contributed by atoms with E-state index in [0.29, 0.717) is 17.6 Å². The van der Waals surface area contributed by atoms with Gasteiger partial charge in [-0.05, 0) is 37.0 Å². The fourth-order valence-electron chi connectivity index (χ4n) is 2.42. The van der Waals surface area contributed by atoms with Gasteiger partial charge in [-0.1, -0.05) is 13.0 Å². The SMILES string of the molecule is CC1CCCN(C(N)=NCC(=O)Nc2cccc(F)c2)C1.I. The summed E-state index contributed by atoms with van der Waals surface area (Å²) in [6, 6.07) is 5.75. The van der Waals surface area contributed by atoms with Crippen LogP contribution in [0.1, 0.15) is 19.8 Å². The smallest absolute Gasteiger partial charge is 0.246 e. The highest BCUT2D eigenvalue weighted by Gasteiger charge is 2.17. The van der Waals surface area contributed by atoms with Crippen LogP contribution in [0.4, 0.5) is 10.1 Å². The van der Waals surface area contributed by atoms with Crippen molar-refractivity contribution in [3.05, 3.63) is 30.1 Å². The Hall–Kier alpha value is -1.38. The molecule has 0 aliphatic carbocycles. The molecule has 1 aliphatic rings. The van der Waals surface area contributed by atoms with Crippen LogP contribution in [-0.2, 0) is 4.79 Å². The van der Waals surface area contributed by atoms with Crippen molar-refractivity contribution in [3.8, 4) is 0 Å². The second-order valence-electron chi connectivity index (χ2n) is 5.43. The zero-order valence-corrected chi connectivity index (χ0v) is 14.9. The minimum Gasteiger partial charge on any atom is -0.370 e. The number of hydrogen-bond donors (Lipinski definition) is 2. The summed E-state index contributed by atoms with van der Waals surface area (Å²) in [7, 11) is 0. The molecule has 1 amide bonds. The molecule has 1 aromatic rings. The van der Waals surface area contributed by atoms with E-state index in [-0.39, 0.29) is 36.4 Å². The molecule has 0 bridgehead atoms. The number of nitrogens with one attached hydrogen (secondary N) is 1. The van der Waals surface area contributed by atoms with Gasteiger partial charge in [-0.15, -0.1) is 24.0 Å². The van der Waals surface area contributed by atoms with E-state index in [9.17, 15) is 9.18 Å². The molecule has 5 nitrogen and oxygen atoms in total. The molecule has 7 heteroatoms. The van der Waals surface area contributed by atoms with Crippen LogP contribution in [0.2, 0.25) is 0 Å². The van der Waals surface area contributed by atoms with Crippen molar-refractivity contribution in [2.24, 2.45) is 16.6 Å². The minimum absolute atomic E-state index is 0. The average Bonchev–Trinajstić information content (AvgIpc) is 2.45. The molecule has 22 heavy (non-hydrogen) atoms. The number of piperidine rings is 1. The number of nitrogens with two attached hydrogens (primary N) is 1. The third kappa shape index (κ3) is 5.78. The Morgan fingerprint density at radius 3 is 3.00 bits per heavy atom. The Labute approximate surface area is 147 Å². The number of hydrogen-bond acceptors (Lipinski definition) is 2. The third-order valence-electron chi connectivity index (χ3n) is 3.47. The Bertz CT molecular complexity index is 538. The number of carbonyl (C=O) groups excluding carboxylic acids is 1. The van der Waals surface area contributed by atoms with Gasteiger partial charge in [0.25, 0.3) is 0 Å². The largest absolute Gasteiger partial charge is 0.370 e. The topological polar surface area (TPSA) is 70.7 Å². The summed E-state index contributed by atoms with van der Waals surface area (Å²) in [6.07, 6.45) is 2.29. The van der Waals surface area contributed by atoms with Gasteiger partial charge in [-0.3, -0.25) is 4.79 Å². The predicted molar refractivity (Wildman–Crippen MR) is 96.9 cm³/mol. The lowest BCUT2D eigenvalue weighted by Gasteiger charge is -2.31. The van der Waals surface area contributed by atoms with Crippen LogP contribution < -0.4 is 11.1 Å². The van der Waals surface area contributed by atoms with E-state index in [1.807, 2.05) is 4.90 Å². The van der Waals surface area contributed by atoms with E-state index in [4.69, 9.17) is 5.73 Å². The van der Waals surface area contributed by atoms with Crippen LogP contribution in [0.15, 0.2) is 29.3 Å². The summed E-state index contributed by atoms with van der Waals surface area (Å²) in [5.41, 5.74) is 6.33. The summed E-state index contributed by atoms with van der Waals surface area (Å²) < 4.78 is 13.0. The second kappa shape index (κ2) is 8.92. The first kappa shape index (κ1) is 18.7. The molecule has 0 spiro atoms. The Morgan fingerprint density at radius 1 is 1.55 bits per heavy atom. The standard InChI is InChI=1S/C15H21FN4O.HI/c1-11-4-3-7-20(10-11)15(17)18-9-14(21)19-13-6-2-5-12(16)8-13;/h2,5-6,8,11H,3-4,7,9-10H2,1H3,(H2,17,18)(H,19,21);1H. The molecule has 1 saturated heterocycles. The number of rotatable bonds is 3. The lowest BCUT2D eigenvalue weighted by Crippen LogP contribution is -2.43. The monoisotopic (exact) mass is 420 g/mol. The fourth-order valence-corrected chi connectivity index (χ4v) is 2.42. The summed E-state index contributed by atoms with van der Waals surface area (Å²) >= 11 is 0. The predicted octanol–water partition coefficient (Wildman–Crippen LogP) is 2.43.